The van der Waals surface area contributed by atoms with Gasteiger partial charge >= 0.3 is 0 Å². The Balaban J connectivity index is 2.19. The van der Waals surface area contributed by atoms with Gasteiger partial charge < -0.3 is 50.2 Å². The monoisotopic (exact) mass is 367 g/mol. The van der Waals surface area contributed by atoms with E-state index in [0.29, 0.717) is 0 Å². The number of ether oxygens (including phenoxy) is 3. The van der Waals surface area contributed by atoms with E-state index in [0.717, 1.165) is 0 Å². The number of nitrogens with one attached hydrogen (secondary N) is 1. The Morgan fingerprint density at radius 2 is 1.68 bits per heavy atom. The maximum Gasteiger partial charge on any atom is 0.217 e. The molecule has 2 saturated heterocycles. The zero-order chi connectivity index (χ0) is 18.9. The van der Waals surface area contributed by atoms with E-state index < -0.39 is 73.9 Å². The first kappa shape index (κ1) is 20.4. The van der Waals surface area contributed by atoms with Crippen molar-refractivity contribution >= 4 is 5.91 Å². The Morgan fingerprint density at radius 1 is 1.04 bits per heavy atom. The van der Waals surface area contributed by atoms with Crippen LogP contribution in [0.25, 0.3) is 0 Å². The lowest BCUT2D eigenvalue weighted by atomic mass is 9.96. The van der Waals surface area contributed by atoms with Gasteiger partial charge in [-0.2, -0.15) is 0 Å². The van der Waals surface area contributed by atoms with Gasteiger partial charge in [0.05, 0.1) is 12.7 Å². The van der Waals surface area contributed by atoms with Gasteiger partial charge in [-0.15, -0.1) is 0 Å². The summed E-state index contributed by atoms with van der Waals surface area (Å²) in [4.78, 5) is 11.3. The van der Waals surface area contributed by atoms with Gasteiger partial charge in [0.15, 0.2) is 12.6 Å². The van der Waals surface area contributed by atoms with E-state index in [9.17, 15) is 35.4 Å². The largest absolute Gasteiger partial charge is 0.394 e. The number of rotatable bonds is 4. The molecule has 7 N–H and O–H groups in total. The molecule has 2 rings (SSSR count). The fraction of sp³-hybridized carbons (Fsp3) is 0.929. The van der Waals surface area contributed by atoms with Crippen molar-refractivity contribution in [1.29, 1.82) is 0 Å². The van der Waals surface area contributed by atoms with Crippen LogP contribution in [0.3, 0.4) is 0 Å². The molecule has 0 aromatic carbocycles. The van der Waals surface area contributed by atoms with Crippen LogP contribution < -0.4 is 5.32 Å². The molecular weight excluding hydrogens is 342 g/mol. The Morgan fingerprint density at radius 3 is 2.24 bits per heavy atom. The molecule has 2 aliphatic rings. The molecule has 11 heteroatoms. The van der Waals surface area contributed by atoms with Crippen molar-refractivity contribution in [2.45, 2.75) is 75.2 Å². The first-order valence-corrected chi connectivity index (χ1v) is 7.92. The highest BCUT2D eigenvalue weighted by molar-refractivity contribution is 5.73. The van der Waals surface area contributed by atoms with Crippen LogP contribution in [-0.2, 0) is 19.0 Å². The quantitative estimate of drug-likeness (QED) is 0.257. The van der Waals surface area contributed by atoms with Gasteiger partial charge in [0, 0.05) is 6.92 Å². The topological polar surface area (TPSA) is 178 Å². The van der Waals surface area contributed by atoms with Crippen LogP contribution >= 0.6 is 0 Å². The molecule has 25 heavy (non-hydrogen) atoms. The molecule has 0 saturated carbocycles. The van der Waals surface area contributed by atoms with Crippen LogP contribution in [0.1, 0.15) is 13.8 Å². The van der Waals surface area contributed by atoms with Crippen molar-refractivity contribution in [2.75, 3.05) is 6.61 Å². The SMILES string of the molecule is CC(=O)N[C@H]1[C@@H](O[C@@H]2[C@H](O)[C@@H](O)[C@H](C)O[C@H]2O)O[C@H](CO)[C@H](O)[C@@H]1O. The number of aliphatic hydroxyl groups excluding tert-OH is 6. The zero-order valence-corrected chi connectivity index (χ0v) is 13.8. The minimum atomic E-state index is -1.61. The van der Waals surface area contributed by atoms with E-state index >= 15 is 0 Å². The predicted octanol–water partition coefficient (Wildman–Crippen LogP) is -4.23. The second kappa shape index (κ2) is 8.20. The van der Waals surface area contributed by atoms with Crippen LogP contribution in [-0.4, -0.2) is 105 Å². The second-order valence-electron chi connectivity index (χ2n) is 6.25. The summed E-state index contributed by atoms with van der Waals surface area (Å²) in [5, 5.41) is 61.6. The number of hydrogen-bond donors (Lipinski definition) is 7. The maximum absolute atomic E-state index is 11.3. The summed E-state index contributed by atoms with van der Waals surface area (Å²) in [5.41, 5.74) is 0. The number of aliphatic hydroxyl groups is 6. The average molecular weight is 367 g/mol. The van der Waals surface area contributed by atoms with Crippen LogP contribution in [0.15, 0.2) is 0 Å². The van der Waals surface area contributed by atoms with Gasteiger partial charge in [-0.25, -0.2) is 0 Å². The summed E-state index contributed by atoms with van der Waals surface area (Å²) < 4.78 is 15.8. The molecule has 0 bridgehead atoms. The van der Waals surface area contributed by atoms with Crippen LogP contribution in [0, 0.1) is 0 Å². The molecule has 2 heterocycles. The van der Waals surface area contributed by atoms with Gasteiger partial charge in [-0.3, -0.25) is 4.79 Å². The molecule has 11 nitrogen and oxygen atoms in total. The van der Waals surface area contributed by atoms with Crippen LogP contribution in [0.4, 0.5) is 0 Å². The third-order valence-electron chi connectivity index (χ3n) is 4.34. The summed E-state index contributed by atoms with van der Waals surface area (Å²) in [7, 11) is 0. The van der Waals surface area contributed by atoms with Gasteiger partial charge in [0.25, 0.3) is 0 Å². The highest BCUT2D eigenvalue weighted by atomic mass is 16.7. The van der Waals surface area contributed by atoms with E-state index in [1.165, 1.54) is 13.8 Å². The minimum absolute atomic E-state index is 0.550. The van der Waals surface area contributed by atoms with E-state index in [4.69, 9.17) is 14.2 Å². The van der Waals surface area contributed by atoms with Crippen molar-refractivity contribution in [3.05, 3.63) is 0 Å². The number of amides is 1. The average Bonchev–Trinajstić information content (AvgIpc) is 2.55. The molecule has 1 amide bonds. The molecule has 0 spiro atoms. The first-order chi connectivity index (χ1) is 11.7. The van der Waals surface area contributed by atoms with Crippen LogP contribution in [0.2, 0.25) is 0 Å². The second-order valence-corrected chi connectivity index (χ2v) is 6.25. The minimum Gasteiger partial charge on any atom is -0.394 e. The number of carbonyl (C=O) groups excluding carboxylic acids is 1. The lowest BCUT2D eigenvalue weighted by molar-refractivity contribution is -0.344. The van der Waals surface area contributed by atoms with Gasteiger partial charge in [-0.1, -0.05) is 0 Å². The fourth-order valence-electron chi connectivity index (χ4n) is 2.91. The Hall–Kier alpha value is -0.890. The maximum atomic E-state index is 11.3. The summed E-state index contributed by atoms with van der Waals surface area (Å²) >= 11 is 0. The summed E-state index contributed by atoms with van der Waals surface area (Å²) in [6.45, 7) is 1.98. The van der Waals surface area contributed by atoms with Gasteiger partial charge in [-0.05, 0) is 6.92 Å². The molecule has 2 fully saturated rings. The van der Waals surface area contributed by atoms with E-state index in [-0.39, 0.29) is 0 Å². The molecule has 0 unspecified atom stereocenters. The molecule has 10 atom stereocenters. The van der Waals surface area contributed by atoms with Crippen molar-refractivity contribution in [2.24, 2.45) is 0 Å². The third kappa shape index (κ3) is 4.27. The molecule has 0 aromatic heterocycles. The number of carbonyl (C=O) groups is 1. The number of hydrogen-bond acceptors (Lipinski definition) is 10. The standard InChI is InChI=1S/C14H25NO10/c1-4-8(18)11(21)12(13(22)23-4)25-14-7(15-5(2)17)10(20)9(19)6(3-16)24-14/h4,6-14,16,18-22H,3H2,1-2H3,(H,15,17)/t4-,6+,7+,8-,9-,10+,11+,12+,13+,14+/m0/s1. The summed E-state index contributed by atoms with van der Waals surface area (Å²) in [5.74, 6) is -0.550. The van der Waals surface area contributed by atoms with Gasteiger partial charge in [0.2, 0.25) is 5.91 Å². The van der Waals surface area contributed by atoms with Crippen LogP contribution in [0.5, 0.6) is 0 Å². The highest BCUT2D eigenvalue weighted by Crippen LogP contribution is 2.28. The summed E-state index contributed by atoms with van der Waals surface area (Å²) in [6, 6.07) is -1.24. The lowest BCUT2D eigenvalue weighted by Crippen LogP contribution is -2.67. The third-order valence-corrected chi connectivity index (χ3v) is 4.34. The Bertz CT molecular complexity index is 465. The fourth-order valence-corrected chi connectivity index (χ4v) is 2.91. The molecular formula is C14H25NO10. The molecule has 2 aliphatic heterocycles. The van der Waals surface area contributed by atoms with Crippen molar-refractivity contribution in [1.82, 2.24) is 5.32 Å². The highest BCUT2D eigenvalue weighted by Gasteiger charge is 2.50. The van der Waals surface area contributed by atoms with Crippen molar-refractivity contribution in [3.63, 3.8) is 0 Å². The molecule has 146 valence electrons. The lowest BCUT2D eigenvalue weighted by Gasteiger charge is -2.46. The van der Waals surface area contributed by atoms with E-state index in [2.05, 4.69) is 5.32 Å². The molecule has 0 aliphatic carbocycles. The predicted molar refractivity (Wildman–Crippen MR) is 78.8 cm³/mol. The van der Waals surface area contributed by atoms with Crippen molar-refractivity contribution < 1.29 is 49.6 Å². The van der Waals surface area contributed by atoms with Crippen molar-refractivity contribution in [3.8, 4) is 0 Å². The first-order valence-electron chi connectivity index (χ1n) is 7.92. The Labute approximate surface area is 143 Å². The van der Waals surface area contributed by atoms with Gasteiger partial charge in [0.1, 0.15) is 42.7 Å². The summed E-state index contributed by atoms with van der Waals surface area (Å²) in [6.07, 6.45) is -12.5. The molecule has 0 radical (unpaired) electrons. The van der Waals surface area contributed by atoms with E-state index in [1.807, 2.05) is 0 Å². The zero-order valence-electron chi connectivity index (χ0n) is 13.8. The Kier molecular flexibility index (Phi) is 6.70. The smallest absolute Gasteiger partial charge is 0.217 e. The van der Waals surface area contributed by atoms with E-state index in [1.54, 1.807) is 0 Å². The molecule has 0 aromatic rings. The normalized spacial score (nSPS) is 48.2.